The third kappa shape index (κ3) is 6.62. The molecule has 1 heterocycles. The van der Waals surface area contributed by atoms with Gasteiger partial charge in [0.15, 0.2) is 5.58 Å². The largest absolute Gasteiger partial charge is 0.434 e. The Labute approximate surface area is 250 Å². The lowest BCUT2D eigenvalue weighted by Gasteiger charge is -2.22. The zero-order valence-corrected chi connectivity index (χ0v) is 23.7. The van der Waals surface area contributed by atoms with E-state index in [9.17, 15) is 23.2 Å². The third-order valence-electron chi connectivity index (χ3n) is 6.97. The van der Waals surface area contributed by atoms with Gasteiger partial charge in [0.2, 0.25) is 11.7 Å². The number of ketones is 1. The summed E-state index contributed by atoms with van der Waals surface area (Å²) in [4.78, 5) is 44.2. The molecule has 1 aromatic heterocycles. The molecule has 1 unspecified atom stereocenters. The first-order valence-electron chi connectivity index (χ1n) is 13.5. The number of para-hydroxylation sites is 2. The zero-order valence-electron chi connectivity index (χ0n) is 22.9. The summed E-state index contributed by atoms with van der Waals surface area (Å²) in [6.07, 6.45) is -0.331. The molecule has 7 nitrogen and oxygen atoms in total. The number of hydrogen-bond donors (Lipinski definition) is 2. The molecule has 10 heteroatoms. The van der Waals surface area contributed by atoms with Gasteiger partial charge in [-0.2, -0.15) is 0 Å². The molecule has 0 spiro atoms. The van der Waals surface area contributed by atoms with Crippen LogP contribution in [0.2, 0.25) is 5.02 Å². The molecule has 0 bridgehead atoms. The van der Waals surface area contributed by atoms with Crippen LogP contribution in [0.5, 0.6) is 0 Å². The normalized spacial score (nSPS) is 12.5. The Balaban J connectivity index is 1.38. The van der Waals surface area contributed by atoms with Crippen LogP contribution >= 0.6 is 11.6 Å². The second-order valence-electron chi connectivity index (χ2n) is 9.81. The van der Waals surface area contributed by atoms with Crippen LogP contribution in [-0.2, 0) is 11.2 Å². The summed E-state index contributed by atoms with van der Waals surface area (Å²) in [5.41, 5.74) is 2.26. The van der Waals surface area contributed by atoms with Crippen LogP contribution in [0.25, 0.3) is 22.2 Å². The van der Waals surface area contributed by atoms with Gasteiger partial charge in [-0.25, -0.2) is 13.8 Å². The third-order valence-corrected chi connectivity index (χ3v) is 7.30. The Morgan fingerprint density at radius 1 is 0.837 bits per heavy atom. The number of rotatable bonds is 10. The van der Waals surface area contributed by atoms with Crippen molar-refractivity contribution >= 4 is 40.3 Å². The average molecular weight is 602 g/mol. The zero-order chi connectivity index (χ0) is 30.5. The fourth-order valence-corrected chi connectivity index (χ4v) is 4.88. The second-order valence-corrected chi connectivity index (χ2v) is 10.2. The van der Waals surface area contributed by atoms with Crippen molar-refractivity contribution in [3.63, 3.8) is 0 Å². The molecule has 0 aliphatic rings. The van der Waals surface area contributed by atoms with Gasteiger partial charge in [-0.05, 0) is 54.4 Å². The van der Waals surface area contributed by atoms with Gasteiger partial charge in [-0.1, -0.05) is 67.1 Å². The van der Waals surface area contributed by atoms with Gasteiger partial charge in [0.1, 0.15) is 23.2 Å². The van der Waals surface area contributed by atoms with Crippen molar-refractivity contribution in [2.24, 2.45) is 0 Å². The molecular formula is C33H26ClF2N3O4. The molecule has 0 aliphatic heterocycles. The Kier molecular flexibility index (Phi) is 8.92. The van der Waals surface area contributed by atoms with Crippen LogP contribution < -0.4 is 10.6 Å². The number of fused-ring (bicyclic) bond motifs is 1. The van der Waals surface area contributed by atoms with Gasteiger partial charge in [-0.15, -0.1) is 0 Å². The van der Waals surface area contributed by atoms with Crippen LogP contribution in [0.15, 0.2) is 95.4 Å². The first-order chi connectivity index (χ1) is 20.7. The van der Waals surface area contributed by atoms with Crippen LogP contribution in [0.1, 0.15) is 40.0 Å². The minimum Gasteiger partial charge on any atom is -0.434 e. The Hall–Kier alpha value is -4.89. The minimum absolute atomic E-state index is 0.168. The monoisotopic (exact) mass is 601 g/mol. The number of carbonyl (C=O) groups is 3. The summed E-state index contributed by atoms with van der Waals surface area (Å²) in [5, 5.41) is 5.72. The van der Waals surface area contributed by atoms with E-state index in [1.807, 2.05) is 12.1 Å². The lowest BCUT2D eigenvalue weighted by molar-refractivity contribution is -0.123. The highest BCUT2D eigenvalue weighted by Gasteiger charge is 2.30. The molecule has 5 rings (SSSR count). The maximum atomic E-state index is 14.6. The van der Waals surface area contributed by atoms with E-state index in [2.05, 4.69) is 15.6 Å². The van der Waals surface area contributed by atoms with Crippen LogP contribution in [-0.4, -0.2) is 34.7 Å². The number of hydrogen-bond acceptors (Lipinski definition) is 5. The van der Waals surface area contributed by atoms with Gasteiger partial charge in [0.05, 0.1) is 6.04 Å². The molecule has 5 aromatic rings. The predicted molar refractivity (Wildman–Crippen MR) is 159 cm³/mol. The first-order valence-corrected chi connectivity index (χ1v) is 13.9. The van der Waals surface area contributed by atoms with Crippen LogP contribution in [0.4, 0.5) is 8.78 Å². The highest BCUT2D eigenvalue weighted by atomic mass is 35.5. The van der Waals surface area contributed by atoms with E-state index in [1.165, 1.54) is 6.07 Å². The number of oxazole rings is 1. The van der Waals surface area contributed by atoms with E-state index in [1.54, 1.807) is 67.6 Å². The van der Waals surface area contributed by atoms with E-state index >= 15 is 0 Å². The van der Waals surface area contributed by atoms with Gasteiger partial charge in [0.25, 0.3) is 11.8 Å². The predicted octanol–water partition coefficient (Wildman–Crippen LogP) is 6.55. The molecule has 0 saturated heterocycles. The number of Topliss-reactive ketones (excluding diaryl/α,β-unsaturated/α-hetero) is 1. The van der Waals surface area contributed by atoms with Crippen LogP contribution in [0.3, 0.4) is 0 Å². The summed E-state index contributed by atoms with van der Waals surface area (Å²) in [5.74, 6) is -3.96. The van der Waals surface area contributed by atoms with Crippen molar-refractivity contribution in [1.82, 2.24) is 15.6 Å². The van der Waals surface area contributed by atoms with Crippen molar-refractivity contribution in [1.29, 1.82) is 0 Å². The number of nitrogens with zero attached hydrogens (tertiary/aromatic N) is 1. The van der Waals surface area contributed by atoms with E-state index in [0.717, 1.165) is 23.3 Å². The van der Waals surface area contributed by atoms with Crippen molar-refractivity contribution < 1.29 is 27.6 Å². The van der Waals surface area contributed by atoms with Gasteiger partial charge >= 0.3 is 0 Å². The molecule has 0 radical (unpaired) electrons. The maximum absolute atomic E-state index is 14.6. The minimum atomic E-state index is -1.42. The highest BCUT2D eigenvalue weighted by molar-refractivity contribution is 6.33. The Morgan fingerprint density at radius 3 is 2.19 bits per heavy atom. The number of benzene rings is 4. The summed E-state index contributed by atoms with van der Waals surface area (Å²) in [6, 6.07) is 21.4. The summed E-state index contributed by atoms with van der Waals surface area (Å²) in [7, 11) is 0. The molecule has 218 valence electrons. The number of aromatic nitrogens is 1. The van der Waals surface area contributed by atoms with E-state index in [0.29, 0.717) is 16.1 Å². The molecule has 0 aliphatic carbocycles. The lowest BCUT2D eigenvalue weighted by Crippen LogP contribution is -2.52. The fraction of sp³-hybridized carbons (Fsp3) is 0.152. The number of halogens is 3. The quantitative estimate of drug-likeness (QED) is 0.177. The smallest absolute Gasteiger partial charge is 0.266 e. The highest BCUT2D eigenvalue weighted by Crippen LogP contribution is 2.27. The molecule has 4 aromatic carbocycles. The number of amides is 2. The molecule has 2 atom stereocenters. The molecule has 2 N–H and O–H groups in total. The van der Waals surface area contributed by atoms with Gasteiger partial charge < -0.3 is 15.1 Å². The average Bonchev–Trinajstić information content (AvgIpc) is 3.45. The second kappa shape index (κ2) is 13.0. The summed E-state index contributed by atoms with van der Waals surface area (Å²) < 4.78 is 34.7. The Morgan fingerprint density at radius 2 is 1.51 bits per heavy atom. The van der Waals surface area contributed by atoms with E-state index < -0.39 is 47.7 Å². The van der Waals surface area contributed by atoms with Gasteiger partial charge in [0, 0.05) is 28.1 Å². The topological polar surface area (TPSA) is 101 Å². The van der Waals surface area contributed by atoms with Gasteiger partial charge in [-0.3, -0.25) is 14.4 Å². The summed E-state index contributed by atoms with van der Waals surface area (Å²) in [6.45, 7) is 1.68. The maximum Gasteiger partial charge on any atom is 0.266 e. The molecular weight excluding hydrogens is 576 g/mol. The van der Waals surface area contributed by atoms with Crippen molar-refractivity contribution in [3.8, 4) is 11.1 Å². The standard InChI is InChI=1S/C33H26ClF2N3O4/c1-2-26(30(40)33-39-27-12-5-6-13-29(27)43-33)37-32(42)28(18-22-24(35)10-7-11-25(22)36)38-31(41)20-16-14-19(15-17-20)21-8-3-4-9-23(21)34/h3-17,26,28H,2,18H2,1H3,(H,37,42)(H,38,41)/t26-,28?/m0/s1. The van der Waals surface area contributed by atoms with Crippen molar-refractivity contribution in [2.75, 3.05) is 0 Å². The fourth-order valence-electron chi connectivity index (χ4n) is 4.63. The first kappa shape index (κ1) is 29.6. The van der Waals surface area contributed by atoms with Crippen LogP contribution in [0, 0.1) is 11.6 Å². The summed E-state index contributed by atoms with van der Waals surface area (Å²) >= 11 is 6.28. The van der Waals surface area contributed by atoms with E-state index in [4.69, 9.17) is 16.0 Å². The molecule has 0 fully saturated rings. The molecule has 43 heavy (non-hydrogen) atoms. The molecule has 0 saturated carbocycles. The SMILES string of the molecule is CC[C@H](NC(=O)C(Cc1c(F)cccc1F)NC(=O)c1ccc(-c2ccccc2Cl)cc1)C(=O)c1nc2ccccc2o1. The van der Waals surface area contributed by atoms with Crippen molar-refractivity contribution in [3.05, 3.63) is 125 Å². The molecule has 2 amide bonds. The number of carbonyl (C=O) groups excluding carboxylic acids is 3. The number of nitrogens with one attached hydrogen (secondary N) is 2. The lowest BCUT2D eigenvalue weighted by atomic mass is 10.0. The van der Waals surface area contributed by atoms with E-state index in [-0.39, 0.29) is 23.4 Å². The Bertz CT molecular complexity index is 1750. The van der Waals surface area contributed by atoms with Crippen molar-refractivity contribution in [2.45, 2.75) is 31.8 Å².